The molecule has 1 saturated carbocycles. The zero-order valence-corrected chi connectivity index (χ0v) is 35.8. The monoisotopic (exact) mass is 864 g/mol. The third-order valence-electron chi connectivity index (χ3n) is 11.5. The molecule has 1 aromatic carbocycles. The molecule has 0 bridgehead atoms. The van der Waals surface area contributed by atoms with Crippen LogP contribution in [0.4, 0.5) is 25.1 Å². The molecular weight excluding hydrogens is 809 g/mol. The van der Waals surface area contributed by atoms with Gasteiger partial charge >= 0.3 is 13.1 Å². The number of anilines is 2. The molecular formula is C39H56BClF2N8O7S. The predicted octanol–water partition coefficient (Wildman–Crippen LogP) is 3.62. The summed E-state index contributed by atoms with van der Waals surface area (Å²) >= 11 is 6.33. The fraction of sp³-hybridized carbons (Fsp3) is 0.641. The number of rotatable bonds is 12. The number of alkyl halides is 2. The Bertz CT molecular complexity index is 1920. The van der Waals surface area contributed by atoms with Crippen molar-refractivity contribution in [1.82, 2.24) is 29.6 Å². The number of carbonyl (C=O) groups excluding carboxylic acids is 3. The molecule has 20 heteroatoms. The summed E-state index contributed by atoms with van der Waals surface area (Å²) in [6, 6.07) is 8.08. The first-order chi connectivity index (χ1) is 27.8. The minimum absolute atomic E-state index is 0.0312. The van der Waals surface area contributed by atoms with Gasteiger partial charge in [0, 0.05) is 95.0 Å². The van der Waals surface area contributed by atoms with Crippen LogP contribution in [-0.4, -0.2) is 141 Å². The van der Waals surface area contributed by atoms with Crippen LogP contribution < -0.4 is 20.3 Å². The number of aromatic nitrogens is 1. The number of benzene rings is 1. The summed E-state index contributed by atoms with van der Waals surface area (Å²) in [4.78, 5) is 50.0. The third kappa shape index (κ3) is 11.2. The Hall–Kier alpha value is -3.62. The molecule has 0 spiro atoms. The molecule has 15 nitrogen and oxygen atoms in total. The number of hydrogen-bond donors (Lipinski definition) is 3. The maximum Gasteiger partial charge on any atom is 0.407 e. The largest absolute Gasteiger partial charge is 0.444 e. The molecule has 3 N–H and O–H groups in total. The lowest BCUT2D eigenvalue weighted by molar-refractivity contribution is -0.141. The van der Waals surface area contributed by atoms with Gasteiger partial charge < -0.3 is 35.0 Å². The van der Waals surface area contributed by atoms with Crippen molar-refractivity contribution < 1.29 is 41.3 Å². The molecule has 4 fully saturated rings. The van der Waals surface area contributed by atoms with Gasteiger partial charge in [-0.1, -0.05) is 11.6 Å². The first-order valence-electron chi connectivity index (χ1n) is 20.4. The highest BCUT2D eigenvalue weighted by molar-refractivity contribution is 7.89. The molecule has 3 amide bonds. The highest BCUT2D eigenvalue weighted by Gasteiger charge is 2.45. The minimum atomic E-state index is -3.92. The number of pyridine rings is 1. The molecule has 324 valence electrons. The SMILES string of the molecule is CB(O)NCCN1CCN(C(=O)C2CCC(C(F)(F)c3cc(Cl)nc(N4CCN(S(=O)(=O)c5ccc(N6C[C@H](NC(=O)OC(C)(C)C)CC6=O)cc5)CC4)c3)CC2)CC1. The van der Waals surface area contributed by atoms with Gasteiger partial charge in [-0.05, 0) is 96.2 Å². The van der Waals surface area contributed by atoms with Gasteiger partial charge in [0.1, 0.15) is 16.6 Å². The summed E-state index contributed by atoms with van der Waals surface area (Å²) in [6.45, 7) is 11.8. The van der Waals surface area contributed by atoms with Crippen LogP contribution in [-0.2, 0) is 30.3 Å². The van der Waals surface area contributed by atoms with Crippen molar-refractivity contribution in [1.29, 1.82) is 0 Å². The second-order valence-corrected chi connectivity index (χ2v) is 19.3. The Balaban J connectivity index is 0.998. The molecule has 6 rings (SSSR count). The van der Waals surface area contributed by atoms with Crippen LogP contribution in [0.1, 0.15) is 58.4 Å². The molecule has 4 aliphatic rings. The van der Waals surface area contributed by atoms with Gasteiger partial charge in [-0.15, -0.1) is 0 Å². The summed E-state index contributed by atoms with van der Waals surface area (Å²) in [5.74, 6) is -4.41. The second kappa shape index (κ2) is 18.6. The van der Waals surface area contributed by atoms with Crippen LogP contribution in [0.2, 0.25) is 12.0 Å². The van der Waals surface area contributed by atoms with Gasteiger partial charge in [-0.3, -0.25) is 14.5 Å². The quantitative estimate of drug-likeness (QED) is 0.211. The number of nitrogens with one attached hydrogen (secondary N) is 2. The Morgan fingerprint density at radius 3 is 2.24 bits per heavy atom. The molecule has 1 aliphatic carbocycles. The summed E-state index contributed by atoms with van der Waals surface area (Å²) < 4.78 is 66.2. The normalized spacial score (nSPS) is 22.7. The Morgan fingerprint density at radius 1 is 0.983 bits per heavy atom. The van der Waals surface area contributed by atoms with Gasteiger partial charge in [0.05, 0.1) is 10.9 Å². The maximum atomic E-state index is 16.2. The smallest absolute Gasteiger partial charge is 0.407 e. The van der Waals surface area contributed by atoms with E-state index >= 15 is 8.78 Å². The van der Waals surface area contributed by atoms with Crippen molar-refractivity contribution in [2.24, 2.45) is 11.8 Å². The van der Waals surface area contributed by atoms with E-state index in [1.54, 1.807) is 44.6 Å². The van der Waals surface area contributed by atoms with E-state index in [0.717, 1.165) is 19.6 Å². The number of piperazine rings is 2. The van der Waals surface area contributed by atoms with E-state index in [4.69, 9.17) is 16.3 Å². The molecule has 1 atom stereocenters. The van der Waals surface area contributed by atoms with Gasteiger partial charge in [0.2, 0.25) is 21.8 Å². The van der Waals surface area contributed by atoms with Gasteiger partial charge in [0.15, 0.2) is 0 Å². The van der Waals surface area contributed by atoms with Crippen molar-refractivity contribution >= 4 is 58.1 Å². The summed E-state index contributed by atoms with van der Waals surface area (Å²) in [7, 11) is -4.49. The topological polar surface area (TPSA) is 168 Å². The van der Waals surface area contributed by atoms with Crippen molar-refractivity contribution in [2.45, 2.75) is 82.2 Å². The molecule has 1 aromatic heterocycles. The lowest BCUT2D eigenvalue weighted by Crippen LogP contribution is -2.52. The van der Waals surface area contributed by atoms with Crippen molar-refractivity contribution in [2.75, 3.05) is 81.8 Å². The number of halogens is 3. The van der Waals surface area contributed by atoms with Crippen molar-refractivity contribution in [3.05, 3.63) is 47.1 Å². The van der Waals surface area contributed by atoms with E-state index in [2.05, 4.69) is 20.4 Å². The van der Waals surface area contributed by atoms with Gasteiger partial charge in [-0.25, -0.2) is 27.0 Å². The molecule has 59 heavy (non-hydrogen) atoms. The van der Waals surface area contributed by atoms with Crippen LogP contribution in [0.15, 0.2) is 41.3 Å². The van der Waals surface area contributed by atoms with E-state index in [1.165, 1.54) is 33.5 Å². The van der Waals surface area contributed by atoms with Crippen LogP contribution in [0.3, 0.4) is 0 Å². The molecule has 4 heterocycles. The first kappa shape index (κ1) is 44.9. The average Bonchev–Trinajstić information content (AvgIpc) is 3.55. The predicted molar refractivity (Wildman–Crippen MR) is 221 cm³/mol. The zero-order chi connectivity index (χ0) is 42.7. The maximum absolute atomic E-state index is 16.2. The molecule has 3 saturated heterocycles. The number of nitrogens with zero attached hydrogens (tertiary/aromatic N) is 6. The third-order valence-corrected chi connectivity index (χ3v) is 13.6. The standard InChI is InChI=1S/C39H56BClF2N8O7S/c1-38(2,3)58-37(54)45-30-25-35(52)51(26-30)31-9-11-32(12-10-31)59(56,57)50-21-19-48(20-22-50)34-24-29(23-33(41)46-34)39(42,43)28-7-5-27(6-8-28)36(53)49-17-15-47(16-18-49)14-13-44-40(4)55/h9-12,23-24,27-28,30,44,55H,5-8,13-22,25-26H2,1-4H3,(H,45,54)/t27?,28?,30-/m1/s1. The lowest BCUT2D eigenvalue weighted by Gasteiger charge is -2.39. The highest BCUT2D eigenvalue weighted by Crippen LogP contribution is 2.46. The zero-order valence-electron chi connectivity index (χ0n) is 34.2. The van der Waals surface area contributed by atoms with Crippen LogP contribution in [0.5, 0.6) is 0 Å². The van der Waals surface area contributed by atoms with E-state index < -0.39 is 46.7 Å². The summed E-state index contributed by atoms with van der Waals surface area (Å²) in [6.07, 6.45) is 0.619. The molecule has 0 radical (unpaired) electrons. The van der Waals surface area contributed by atoms with E-state index in [9.17, 15) is 27.8 Å². The van der Waals surface area contributed by atoms with Crippen LogP contribution in [0, 0.1) is 11.8 Å². The lowest BCUT2D eigenvalue weighted by atomic mass is 9.77. The number of carbonyl (C=O) groups is 3. The Kier molecular flexibility index (Phi) is 14.1. The number of alkyl carbamates (subject to hydrolysis) is 1. The Morgan fingerprint density at radius 2 is 1.63 bits per heavy atom. The summed E-state index contributed by atoms with van der Waals surface area (Å²) in [5, 5.41) is 15.0. The number of sulfonamides is 1. The fourth-order valence-corrected chi connectivity index (χ4v) is 9.92. The first-order valence-corrected chi connectivity index (χ1v) is 22.3. The Labute approximate surface area is 350 Å². The van der Waals surface area contributed by atoms with Crippen LogP contribution >= 0.6 is 11.6 Å². The van der Waals surface area contributed by atoms with Crippen molar-refractivity contribution in [3.8, 4) is 0 Å². The van der Waals surface area contributed by atoms with Crippen molar-refractivity contribution in [3.63, 3.8) is 0 Å². The minimum Gasteiger partial charge on any atom is -0.444 e. The molecule has 3 aliphatic heterocycles. The number of amides is 3. The van der Waals surface area contributed by atoms with E-state index in [0.29, 0.717) is 38.2 Å². The second-order valence-electron chi connectivity index (χ2n) is 16.9. The highest BCUT2D eigenvalue weighted by atomic mass is 35.5. The average molecular weight is 865 g/mol. The number of ether oxygens (including phenoxy) is 1. The fourth-order valence-electron chi connectivity index (χ4n) is 8.29. The molecule has 0 unspecified atom stereocenters. The van der Waals surface area contributed by atoms with Gasteiger partial charge in [-0.2, -0.15) is 4.31 Å². The molecule has 2 aromatic rings. The summed E-state index contributed by atoms with van der Waals surface area (Å²) in [5.41, 5.74) is -0.434. The number of hydrogen-bond acceptors (Lipinski definition) is 11. The van der Waals surface area contributed by atoms with E-state index in [1.807, 2.05) is 4.90 Å². The van der Waals surface area contributed by atoms with E-state index in [-0.39, 0.29) is 91.1 Å². The van der Waals surface area contributed by atoms with Gasteiger partial charge in [0.25, 0.3) is 5.92 Å². The van der Waals surface area contributed by atoms with Crippen LogP contribution in [0.25, 0.3) is 0 Å².